The van der Waals surface area contributed by atoms with Crippen LogP contribution >= 0.6 is 34.7 Å². The molecule has 0 aliphatic rings. The summed E-state index contributed by atoms with van der Waals surface area (Å²) in [6, 6.07) is 2.07. The molecule has 0 aliphatic carbocycles. The van der Waals surface area contributed by atoms with Gasteiger partial charge in [-0.05, 0) is 43.3 Å². The van der Waals surface area contributed by atoms with Crippen molar-refractivity contribution < 1.29 is 0 Å². The fourth-order valence-electron chi connectivity index (χ4n) is 1.48. The average molecular weight is 266 g/mol. The summed E-state index contributed by atoms with van der Waals surface area (Å²) in [6.07, 6.45) is 5.18. The molecule has 0 bridgehead atoms. The molecule has 0 saturated heterocycles. The molecule has 2 atom stereocenters. The molecule has 0 amide bonds. The summed E-state index contributed by atoms with van der Waals surface area (Å²) < 4.78 is 4.26. The van der Waals surface area contributed by atoms with E-state index in [4.69, 9.17) is 23.2 Å². The SMILES string of the molecule is CCCC(Cl)C(Cl)CCCc1ccsn1. The highest BCUT2D eigenvalue weighted by atomic mass is 35.5. The highest BCUT2D eigenvalue weighted by molar-refractivity contribution is 7.03. The van der Waals surface area contributed by atoms with Crippen molar-refractivity contribution in [2.24, 2.45) is 0 Å². The Morgan fingerprint density at radius 3 is 2.67 bits per heavy atom. The fraction of sp³-hybridized carbons (Fsp3) is 0.727. The minimum absolute atomic E-state index is 0.102. The van der Waals surface area contributed by atoms with Crippen LogP contribution < -0.4 is 0 Å². The lowest BCUT2D eigenvalue weighted by atomic mass is 10.1. The van der Waals surface area contributed by atoms with Gasteiger partial charge in [-0.3, -0.25) is 0 Å². The maximum atomic E-state index is 6.20. The number of hydrogen-bond acceptors (Lipinski definition) is 2. The van der Waals surface area contributed by atoms with Gasteiger partial charge in [0.25, 0.3) is 0 Å². The summed E-state index contributed by atoms with van der Waals surface area (Å²) in [4.78, 5) is 0. The van der Waals surface area contributed by atoms with E-state index in [9.17, 15) is 0 Å². The molecule has 15 heavy (non-hydrogen) atoms. The highest BCUT2D eigenvalue weighted by Crippen LogP contribution is 2.20. The van der Waals surface area contributed by atoms with Crippen molar-refractivity contribution in [1.82, 2.24) is 4.37 Å². The highest BCUT2D eigenvalue weighted by Gasteiger charge is 2.15. The zero-order valence-electron chi connectivity index (χ0n) is 8.96. The Balaban J connectivity index is 2.14. The molecule has 2 unspecified atom stereocenters. The molecule has 0 aromatic carbocycles. The van der Waals surface area contributed by atoms with E-state index in [1.54, 1.807) is 0 Å². The third-order valence-corrected chi connectivity index (χ3v) is 4.13. The summed E-state index contributed by atoms with van der Waals surface area (Å²) in [5.74, 6) is 0. The molecule has 0 aliphatic heterocycles. The molecule has 0 spiro atoms. The van der Waals surface area contributed by atoms with Crippen LogP contribution in [0.4, 0.5) is 0 Å². The van der Waals surface area contributed by atoms with Crippen molar-refractivity contribution in [3.63, 3.8) is 0 Å². The molecule has 0 N–H and O–H groups in total. The first-order valence-corrected chi connectivity index (χ1v) is 7.12. The molecule has 0 radical (unpaired) electrons. The van der Waals surface area contributed by atoms with Gasteiger partial charge in [-0.25, -0.2) is 0 Å². The van der Waals surface area contributed by atoms with Crippen molar-refractivity contribution in [1.29, 1.82) is 0 Å². The summed E-state index contributed by atoms with van der Waals surface area (Å²) in [5.41, 5.74) is 1.17. The van der Waals surface area contributed by atoms with Gasteiger partial charge in [0, 0.05) is 16.1 Å². The van der Waals surface area contributed by atoms with Crippen LogP contribution in [0, 0.1) is 0 Å². The van der Waals surface area contributed by atoms with Crippen molar-refractivity contribution >= 4 is 34.7 Å². The normalized spacial score (nSPS) is 15.1. The molecule has 0 saturated carbocycles. The molecule has 1 nitrogen and oxygen atoms in total. The van der Waals surface area contributed by atoms with Gasteiger partial charge >= 0.3 is 0 Å². The Bertz CT molecular complexity index is 251. The van der Waals surface area contributed by atoms with Gasteiger partial charge in [-0.15, -0.1) is 23.2 Å². The van der Waals surface area contributed by atoms with E-state index in [0.717, 1.165) is 32.1 Å². The lowest BCUT2D eigenvalue weighted by Crippen LogP contribution is -2.14. The molecular weight excluding hydrogens is 249 g/mol. The maximum absolute atomic E-state index is 6.20. The molecule has 1 aromatic rings. The number of halogens is 2. The van der Waals surface area contributed by atoms with Crippen molar-refractivity contribution in [3.05, 3.63) is 17.1 Å². The van der Waals surface area contributed by atoms with E-state index in [1.807, 2.05) is 5.38 Å². The zero-order valence-corrected chi connectivity index (χ0v) is 11.3. The zero-order chi connectivity index (χ0) is 11.1. The van der Waals surface area contributed by atoms with E-state index in [2.05, 4.69) is 17.4 Å². The summed E-state index contributed by atoms with van der Waals surface area (Å²) in [5, 5.41) is 2.23. The lowest BCUT2D eigenvalue weighted by Gasteiger charge is -2.14. The van der Waals surface area contributed by atoms with Crippen molar-refractivity contribution in [2.75, 3.05) is 0 Å². The third kappa shape index (κ3) is 5.19. The van der Waals surface area contributed by atoms with E-state index < -0.39 is 0 Å². The first-order valence-electron chi connectivity index (χ1n) is 5.41. The minimum Gasteiger partial charge on any atom is -0.198 e. The predicted octanol–water partition coefficient (Wildman–Crippen LogP) is 4.48. The van der Waals surface area contributed by atoms with Crippen LogP contribution in [0.1, 0.15) is 38.3 Å². The smallest absolute Gasteiger partial charge is 0.0542 e. The number of hydrogen-bond donors (Lipinski definition) is 0. The van der Waals surface area contributed by atoms with E-state index in [-0.39, 0.29) is 10.8 Å². The minimum atomic E-state index is 0.102. The number of aryl methyl sites for hydroxylation is 1. The second-order valence-electron chi connectivity index (χ2n) is 3.70. The summed E-state index contributed by atoms with van der Waals surface area (Å²) >= 11 is 13.9. The molecule has 4 heteroatoms. The molecule has 1 rings (SSSR count). The van der Waals surface area contributed by atoms with Crippen LogP contribution in [0.25, 0.3) is 0 Å². The van der Waals surface area contributed by atoms with E-state index in [1.165, 1.54) is 17.2 Å². The van der Waals surface area contributed by atoms with Crippen LogP contribution in [0.5, 0.6) is 0 Å². The Hall–Kier alpha value is 0.210. The number of alkyl halides is 2. The maximum Gasteiger partial charge on any atom is 0.0542 e. The van der Waals surface area contributed by atoms with Gasteiger partial charge < -0.3 is 0 Å². The molecule has 0 fully saturated rings. The van der Waals surface area contributed by atoms with Crippen molar-refractivity contribution in [3.8, 4) is 0 Å². The van der Waals surface area contributed by atoms with Gasteiger partial charge in [-0.2, -0.15) is 4.37 Å². The summed E-state index contributed by atoms with van der Waals surface area (Å²) in [7, 11) is 0. The second kappa shape index (κ2) is 7.48. The average Bonchev–Trinajstić information content (AvgIpc) is 2.71. The fourth-order valence-corrected chi connectivity index (χ4v) is 2.67. The van der Waals surface area contributed by atoms with Gasteiger partial charge in [0.05, 0.1) is 5.69 Å². The molecule has 1 heterocycles. The number of rotatable bonds is 7. The molecular formula is C11H17Cl2NS. The van der Waals surface area contributed by atoms with Gasteiger partial charge in [0.15, 0.2) is 0 Å². The van der Waals surface area contributed by atoms with Gasteiger partial charge in [0.1, 0.15) is 0 Å². The topological polar surface area (TPSA) is 12.9 Å². The Morgan fingerprint density at radius 2 is 2.07 bits per heavy atom. The van der Waals surface area contributed by atoms with Crippen LogP contribution in [0.2, 0.25) is 0 Å². The van der Waals surface area contributed by atoms with E-state index >= 15 is 0 Å². The third-order valence-electron chi connectivity index (χ3n) is 2.36. The standard InChI is InChI=1S/C11H17Cl2NS/c1-2-4-10(12)11(13)6-3-5-9-7-8-15-14-9/h7-8,10-11H,2-6H2,1H3. The molecule has 1 aromatic heterocycles. The lowest BCUT2D eigenvalue weighted by molar-refractivity contribution is 0.620. The number of aromatic nitrogens is 1. The first-order chi connectivity index (χ1) is 7.24. The van der Waals surface area contributed by atoms with Crippen LogP contribution in [-0.2, 0) is 6.42 Å². The van der Waals surface area contributed by atoms with E-state index in [0.29, 0.717) is 0 Å². The van der Waals surface area contributed by atoms with Crippen LogP contribution in [0.15, 0.2) is 11.4 Å². The number of nitrogens with zero attached hydrogens (tertiary/aromatic N) is 1. The van der Waals surface area contributed by atoms with Crippen LogP contribution in [0.3, 0.4) is 0 Å². The van der Waals surface area contributed by atoms with Gasteiger partial charge in [-0.1, -0.05) is 13.3 Å². The second-order valence-corrected chi connectivity index (χ2v) is 5.49. The first kappa shape index (κ1) is 13.3. The Kier molecular flexibility index (Phi) is 6.62. The quantitative estimate of drug-likeness (QED) is 0.663. The Morgan fingerprint density at radius 1 is 1.33 bits per heavy atom. The van der Waals surface area contributed by atoms with Crippen molar-refractivity contribution in [2.45, 2.75) is 49.8 Å². The largest absolute Gasteiger partial charge is 0.198 e. The monoisotopic (exact) mass is 265 g/mol. The molecule has 86 valence electrons. The van der Waals surface area contributed by atoms with Crippen LogP contribution in [-0.4, -0.2) is 15.1 Å². The van der Waals surface area contributed by atoms with Gasteiger partial charge in [0.2, 0.25) is 0 Å². The Labute approximate surface area is 106 Å². The summed E-state index contributed by atoms with van der Waals surface area (Å²) in [6.45, 7) is 2.13. The predicted molar refractivity (Wildman–Crippen MR) is 69.2 cm³/mol.